The number of aliphatic hydroxyl groups excluding tert-OH is 1. The van der Waals surface area contributed by atoms with E-state index in [0.717, 1.165) is 28.9 Å². The molecule has 16 heavy (non-hydrogen) atoms. The van der Waals surface area contributed by atoms with E-state index in [0.29, 0.717) is 6.61 Å². The minimum absolute atomic E-state index is 0.261. The molecule has 2 nitrogen and oxygen atoms in total. The highest BCUT2D eigenvalue weighted by Gasteiger charge is 2.34. The van der Waals surface area contributed by atoms with Crippen molar-refractivity contribution >= 4 is 0 Å². The van der Waals surface area contributed by atoms with Crippen molar-refractivity contribution in [2.24, 2.45) is 0 Å². The van der Waals surface area contributed by atoms with E-state index in [2.05, 4.69) is 0 Å². The number of aryl methyl sites for hydroxylation is 1. The van der Waals surface area contributed by atoms with Gasteiger partial charge in [0, 0.05) is 12.0 Å². The van der Waals surface area contributed by atoms with E-state index in [1.165, 1.54) is 0 Å². The Bertz CT molecular complexity index is 390. The van der Waals surface area contributed by atoms with Crippen molar-refractivity contribution in [3.63, 3.8) is 0 Å². The van der Waals surface area contributed by atoms with Crippen LogP contribution < -0.4 is 4.74 Å². The van der Waals surface area contributed by atoms with Gasteiger partial charge in [-0.3, -0.25) is 0 Å². The van der Waals surface area contributed by atoms with Gasteiger partial charge in [0.2, 0.25) is 0 Å². The SMILES string of the molecule is CCCOc1ccc(C)c2c1CC(F)C2O. The third-order valence-electron chi connectivity index (χ3n) is 3.03. The number of halogens is 1. The van der Waals surface area contributed by atoms with Crippen molar-refractivity contribution < 1.29 is 14.2 Å². The molecule has 1 aliphatic carbocycles. The Hall–Kier alpha value is -1.09. The molecule has 1 aliphatic rings. The van der Waals surface area contributed by atoms with Crippen LogP contribution in [0.25, 0.3) is 0 Å². The fourth-order valence-corrected chi connectivity index (χ4v) is 2.22. The first-order valence-corrected chi connectivity index (χ1v) is 5.72. The predicted molar refractivity (Wildman–Crippen MR) is 60.5 cm³/mol. The smallest absolute Gasteiger partial charge is 0.134 e. The molecule has 0 fully saturated rings. The third kappa shape index (κ3) is 1.80. The van der Waals surface area contributed by atoms with Crippen LogP contribution in [0.2, 0.25) is 0 Å². The summed E-state index contributed by atoms with van der Waals surface area (Å²) in [6.45, 7) is 4.55. The van der Waals surface area contributed by atoms with E-state index in [1.54, 1.807) is 0 Å². The molecule has 2 rings (SSSR count). The van der Waals surface area contributed by atoms with E-state index in [1.807, 2.05) is 26.0 Å². The van der Waals surface area contributed by atoms with Gasteiger partial charge in [0.1, 0.15) is 18.0 Å². The number of rotatable bonds is 3. The third-order valence-corrected chi connectivity index (χ3v) is 3.03. The van der Waals surface area contributed by atoms with Gasteiger partial charge in [0.15, 0.2) is 0 Å². The van der Waals surface area contributed by atoms with Gasteiger partial charge in [-0.1, -0.05) is 13.0 Å². The van der Waals surface area contributed by atoms with Crippen LogP contribution in [0.1, 0.15) is 36.1 Å². The zero-order chi connectivity index (χ0) is 11.7. The van der Waals surface area contributed by atoms with Gasteiger partial charge in [-0.15, -0.1) is 0 Å². The molecule has 1 aromatic carbocycles. The topological polar surface area (TPSA) is 29.5 Å². The van der Waals surface area contributed by atoms with E-state index >= 15 is 0 Å². The van der Waals surface area contributed by atoms with Gasteiger partial charge in [-0.2, -0.15) is 0 Å². The second kappa shape index (κ2) is 4.42. The largest absolute Gasteiger partial charge is 0.493 e. The van der Waals surface area contributed by atoms with Crippen LogP contribution in [0, 0.1) is 6.92 Å². The van der Waals surface area contributed by atoms with Crippen molar-refractivity contribution in [2.45, 2.75) is 39.0 Å². The highest BCUT2D eigenvalue weighted by Crippen LogP contribution is 2.40. The van der Waals surface area contributed by atoms with Crippen LogP contribution in [0.15, 0.2) is 12.1 Å². The maximum absolute atomic E-state index is 13.5. The minimum Gasteiger partial charge on any atom is -0.493 e. The Morgan fingerprint density at radius 3 is 2.94 bits per heavy atom. The first-order chi connectivity index (χ1) is 7.65. The zero-order valence-corrected chi connectivity index (χ0v) is 9.66. The molecule has 0 saturated heterocycles. The lowest BCUT2D eigenvalue weighted by Gasteiger charge is -2.13. The molecular formula is C13H17FO2. The fourth-order valence-electron chi connectivity index (χ4n) is 2.22. The second-order valence-electron chi connectivity index (χ2n) is 4.29. The number of fused-ring (bicyclic) bond motifs is 1. The van der Waals surface area contributed by atoms with Crippen molar-refractivity contribution in [1.29, 1.82) is 0 Å². The Kier molecular flexibility index (Phi) is 3.15. The molecule has 0 radical (unpaired) electrons. The second-order valence-corrected chi connectivity index (χ2v) is 4.29. The van der Waals surface area contributed by atoms with Gasteiger partial charge in [-0.25, -0.2) is 4.39 Å². The summed E-state index contributed by atoms with van der Waals surface area (Å²) in [6, 6.07) is 3.75. The average molecular weight is 224 g/mol. The van der Waals surface area contributed by atoms with E-state index < -0.39 is 12.3 Å². The molecule has 1 aromatic rings. The summed E-state index contributed by atoms with van der Waals surface area (Å²) in [5.74, 6) is 0.724. The first-order valence-electron chi connectivity index (χ1n) is 5.72. The van der Waals surface area contributed by atoms with Gasteiger partial charge in [-0.05, 0) is 30.5 Å². The van der Waals surface area contributed by atoms with Crippen LogP contribution in [-0.4, -0.2) is 17.9 Å². The number of aliphatic hydroxyl groups is 1. The monoisotopic (exact) mass is 224 g/mol. The number of ether oxygens (including phenoxy) is 1. The fraction of sp³-hybridized carbons (Fsp3) is 0.538. The van der Waals surface area contributed by atoms with Crippen molar-refractivity contribution in [3.05, 3.63) is 28.8 Å². The molecule has 3 heteroatoms. The van der Waals surface area contributed by atoms with Gasteiger partial charge < -0.3 is 9.84 Å². The Balaban J connectivity index is 2.37. The molecule has 2 unspecified atom stereocenters. The lowest BCUT2D eigenvalue weighted by Crippen LogP contribution is -2.06. The van der Waals surface area contributed by atoms with Crippen molar-refractivity contribution in [1.82, 2.24) is 0 Å². The molecule has 0 spiro atoms. The Morgan fingerprint density at radius 2 is 2.25 bits per heavy atom. The molecule has 0 amide bonds. The summed E-state index contributed by atoms with van der Waals surface area (Å²) < 4.78 is 19.1. The number of hydrogen-bond acceptors (Lipinski definition) is 2. The maximum Gasteiger partial charge on any atom is 0.134 e. The lowest BCUT2D eigenvalue weighted by atomic mass is 10.0. The van der Waals surface area contributed by atoms with Crippen LogP contribution in [0.3, 0.4) is 0 Å². The van der Waals surface area contributed by atoms with E-state index in [9.17, 15) is 9.50 Å². The van der Waals surface area contributed by atoms with Crippen LogP contribution in [-0.2, 0) is 6.42 Å². The van der Waals surface area contributed by atoms with Gasteiger partial charge >= 0.3 is 0 Å². The van der Waals surface area contributed by atoms with Gasteiger partial charge in [0.05, 0.1) is 6.61 Å². The molecule has 88 valence electrons. The molecule has 0 heterocycles. The number of hydrogen-bond donors (Lipinski definition) is 1. The number of alkyl halides is 1. The van der Waals surface area contributed by atoms with Crippen molar-refractivity contribution in [3.8, 4) is 5.75 Å². The standard InChI is InChI=1S/C13H17FO2/c1-3-6-16-11-5-4-8(2)12-9(11)7-10(14)13(12)15/h4-5,10,13,15H,3,6-7H2,1-2H3. The summed E-state index contributed by atoms with van der Waals surface area (Å²) in [7, 11) is 0. The quantitative estimate of drug-likeness (QED) is 0.855. The molecule has 2 atom stereocenters. The van der Waals surface area contributed by atoms with Crippen molar-refractivity contribution in [2.75, 3.05) is 6.61 Å². The molecular weight excluding hydrogens is 207 g/mol. The zero-order valence-electron chi connectivity index (χ0n) is 9.66. The van der Waals surface area contributed by atoms with E-state index in [-0.39, 0.29) is 6.42 Å². The summed E-state index contributed by atoms with van der Waals surface area (Å²) in [5.41, 5.74) is 2.50. The summed E-state index contributed by atoms with van der Waals surface area (Å²) >= 11 is 0. The maximum atomic E-state index is 13.5. The summed E-state index contributed by atoms with van der Waals surface area (Å²) in [4.78, 5) is 0. The molecule has 0 saturated carbocycles. The molecule has 0 bridgehead atoms. The molecule has 0 aliphatic heterocycles. The Morgan fingerprint density at radius 1 is 1.50 bits per heavy atom. The molecule has 1 N–H and O–H groups in total. The minimum atomic E-state index is -1.19. The van der Waals surface area contributed by atoms with Crippen LogP contribution in [0.4, 0.5) is 4.39 Å². The van der Waals surface area contributed by atoms with Gasteiger partial charge in [0.25, 0.3) is 0 Å². The predicted octanol–water partition coefficient (Wildman–Crippen LogP) is 2.71. The number of benzene rings is 1. The first kappa shape index (κ1) is 11.4. The average Bonchev–Trinajstić information content (AvgIpc) is 2.56. The normalized spacial score (nSPS) is 23.2. The Labute approximate surface area is 95.1 Å². The summed E-state index contributed by atoms with van der Waals surface area (Å²) in [5, 5.41) is 9.75. The highest BCUT2D eigenvalue weighted by molar-refractivity contribution is 5.49. The lowest BCUT2D eigenvalue weighted by molar-refractivity contribution is 0.0921. The summed E-state index contributed by atoms with van der Waals surface area (Å²) in [6.07, 6.45) is -0.998. The highest BCUT2D eigenvalue weighted by atomic mass is 19.1. The van der Waals surface area contributed by atoms with E-state index in [4.69, 9.17) is 4.74 Å². The molecule has 0 aromatic heterocycles. The van der Waals surface area contributed by atoms with Crippen LogP contribution in [0.5, 0.6) is 5.75 Å². The van der Waals surface area contributed by atoms with Crippen LogP contribution >= 0.6 is 0 Å².